The molecule has 1 aromatic heterocycles. The zero-order valence-electron chi connectivity index (χ0n) is 21.1. The van der Waals surface area contributed by atoms with Crippen molar-refractivity contribution in [2.24, 2.45) is 17.1 Å². The Morgan fingerprint density at radius 3 is 2.48 bits per heavy atom. The van der Waals surface area contributed by atoms with Gasteiger partial charge >= 0.3 is 5.97 Å². The molecule has 0 spiro atoms. The first-order chi connectivity index (χ1) is 15.3. The van der Waals surface area contributed by atoms with E-state index in [2.05, 4.69) is 43.3 Å². The number of ketones is 1. The molecule has 3 atom stereocenters. The number of aliphatic hydroxyl groups is 1. The highest BCUT2D eigenvalue weighted by Crippen LogP contribution is 2.28. The number of aliphatic carboxylic acids is 1. The number of rotatable bonds is 15. The predicted molar refractivity (Wildman–Crippen MR) is 136 cm³/mol. The van der Waals surface area contributed by atoms with E-state index in [1.807, 2.05) is 6.92 Å². The van der Waals surface area contributed by atoms with E-state index >= 15 is 0 Å². The number of aryl methyl sites for hydroxylation is 1. The molecule has 1 aromatic rings. The summed E-state index contributed by atoms with van der Waals surface area (Å²) in [5, 5.41) is 22.2. The van der Waals surface area contributed by atoms with Gasteiger partial charge in [-0.25, -0.2) is 4.98 Å². The number of carbonyl (C=O) groups excluding carboxylic acids is 1. The Kier molecular flexibility index (Phi) is 12.2. The van der Waals surface area contributed by atoms with Crippen LogP contribution in [0.25, 0.3) is 6.08 Å². The van der Waals surface area contributed by atoms with E-state index in [1.54, 1.807) is 25.2 Å². The number of carboxylic acid groups (broad SMARTS) is 1. The lowest BCUT2D eigenvalue weighted by Crippen LogP contribution is -2.47. The molecule has 0 fully saturated rings. The maximum Gasteiger partial charge on any atom is 0.306 e. The van der Waals surface area contributed by atoms with E-state index in [0.717, 1.165) is 42.8 Å². The average molecular weight is 479 g/mol. The molecule has 186 valence electrons. The molecule has 0 aliphatic carbocycles. The number of allylic oxidation sites excluding steroid dienone is 3. The monoisotopic (exact) mass is 478 g/mol. The van der Waals surface area contributed by atoms with Gasteiger partial charge in [-0.1, -0.05) is 44.4 Å². The second kappa shape index (κ2) is 13.8. The number of Topliss-reactive ketones (excluding diaryl/α,β-unsaturated/α-hetero) is 1. The molecule has 33 heavy (non-hydrogen) atoms. The summed E-state index contributed by atoms with van der Waals surface area (Å²) in [6.07, 6.45) is 8.32. The number of aromatic nitrogens is 1. The number of nitrogens with two attached hydrogens (primary N) is 1. The second-order valence-electron chi connectivity index (χ2n) is 9.91. The van der Waals surface area contributed by atoms with Crippen LogP contribution in [0.5, 0.6) is 0 Å². The van der Waals surface area contributed by atoms with Gasteiger partial charge in [0.15, 0.2) is 5.78 Å². The summed E-state index contributed by atoms with van der Waals surface area (Å²) in [6, 6.07) is -0.702. The van der Waals surface area contributed by atoms with Crippen molar-refractivity contribution < 1.29 is 19.8 Å². The van der Waals surface area contributed by atoms with Crippen molar-refractivity contribution in [2.75, 3.05) is 0 Å². The summed E-state index contributed by atoms with van der Waals surface area (Å²) in [7, 11) is 0. The van der Waals surface area contributed by atoms with Crippen molar-refractivity contribution in [3.8, 4) is 0 Å². The first-order valence-corrected chi connectivity index (χ1v) is 12.7. The van der Waals surface area contributed by atoms with E-state index in [4.69, 9.17) is 10.8 Å². The molecule has 0 saturated carbocycles. The maximum absolute atomic E-state index is 12.7. The van der Waals surface area contributed by atoms with Crippen molar-refractivity contribution in [3.63, 3.8) is 0 Å². The van der Waals surface area contributed by atoms with Crippen LogP contribution < -0.4 is 5.73 Å². The summed E-state index contributed by atoms with van der Waals surface area (Å²) < 4.78 is 0. The fourth-order valence-corrected chi connectivity index (χ4v) is 4.44. The SMILES string of the molecule is C/C(=C/CC/C(C)=C/c1csc(C)n1)CCCC(C)CC(N)C(=O)C(C)(C)C(O)CC(=O)O. The molecular formula is C26H42N2O4S. The molecule has 1 rings (SSSR count). The highest BCUT2D eigenvalue weighted by Gasteiger charge is 2.39. The normalized spacial score (nSPS) is 15.9. The van der Waals surface area contributed by atoms with Crippen LogP contribution in [0.15, 0.2) is 22.6 Å². The summed E-state index contributed by atoms with van der Waals surface area (Å²) in [6.45, 7) is 11.5. The van der Waals surface area contributed by atoms with E-state index in [9.17, 15) is 14.7 Å². The third kappa shape index (κ3) is 10.8. The van der Waals surface area contributed by atoms with Crippen LogP contribution in [0.3, 0.4) is 0 Å². The van der Waals surface area contributed by atoms with Crippen LogP contribution in [0, 0.1) is 18.3 Å². The number of hydrogen-bond donors (Lipinski definition) is 3. The maximum atomic E-state index is 12.7. The van der Waals surface area contributed by atoms with E-state index < -0.39 is 30.0 Å². The zero-order chi connectivity index (χ0) is 25.2. The van der Waals surface area contributed by atoms with Gasteiger partial charge in [0, 0.05) is 5.38 Å². The quantitative estimate of drug-likeness (QED) is 0.285. The fourth-order valence-electron chi connectivity index (χ4n) is 3.87. The Labute approximate surface area is 203 Å². The van der Waals surface area contributed by atoms with Gasteiger partial charge in [-0.2, -0.15) is 0 Å². The summed E-state index contributed by atoms with van der Waals surface area (Å²) >= 11 is 1.67. The average Bonchev–Trinajstić information content (AvgIpc) is 3.11. The third-order valence-electron chi connectivity index (χ3n) is 6.16. The Balaban J connectivity index is 2.38. The van der Waals surface area contributed by atoms with Crippen LogP contribution in [0.1, 0.15) is 90.3 Å². The zero-order valence-corrected chi connectivity index (χ0v) is 21.9. The highest BCUT2D eigenvalue weighted by molar-refractivity contribution is 7.09. The van der Waals surface area contributed by atoms with Crippen molar-refractivity contribution in [3.05, 3.63) is 33.3 Å². The van der Waals surface area contributed by atoms with Crippen molar-refractivity contribution in [1.82, 2.24) is 4.98 Å². The summed E-state index contributed by atoms with van der Waals surface area (Å²) in [5.41, 5.74) is 8.69. The van der Waals surface area contributed by atoms with E-state index in [0.29, 0.717) is 6.42 Å². The second-order valence-corrected chi connectivity index (χ2v) is 11.0. The molecule has 0 aromatic carbocycles. The Bertz CT molecular complexity index is 841. The van der Waals surface area contributed by atoms with Gasteiger partial charge in [0.1, 0.15) is 0 Å². The van der Waals surface area contributed by atoms with Crippen LogP contribution in [-0.4, -0.2) is 39.1 Å². The van der Waals surface area contributed by atoms with Gasteiger partial charge in [0.25, 0.3) is 0 Å². The van der Waals surface area contributed by atoms with Gasteiger partial charge in [0.2, 0.25) is 0 Å². The summed E-state index contributed by atoms with van der Waals surface area (Å²) in [5.74, 6) is -1.14. The fraction of sp³-hybridized carbons (Fsp3) is 0.654. The third-order valence-corrected chi connectivity index (χ3v) is 6.95. The molecule has 0 amide bonds. The number of nitrogens with zero attached hydrogens (tertiary/aromatic N) is 1. The van der Waals surface area contributed by atoms with Gasteiger partial charge < -0.3 is 15.9 Å². The van der Waals surface area contributed by atoms with Crippen LogP contribution in [0.2, 0.25) is 0 Å². The predicted octanol–water partition coefficient (Wildman–Crippen LogP) is 5.54. The Hall–Kier alpha value is -1.83. The minimum absolute atomic E-state index is 0.274. The van der Waals surface area contributed by atoms with Crippen molar-refractivity contribution >= 4 is 29.2 Å². The standard InChI is InChI=1S/C26H42N2O4S/c1-17(9-7-11-18(2)13-21-16-33-20(4)28-21)10-8-12-19(3)14-22(27)25(32)26(5,6)23(29)15-24(30)31/h9,13,16,19,22-23,29H,7-8,10-12,14-15,27H2,1-6H3,(H,30,31)/b17-9-,18-13+. The molecule has 0 aliphatic heterocycles. The molecule has 0 saturated heterocycles. The van der Waals surface area contributed by atoms with Gasteiger partial charge in [-0.3, -0.25) is 9.59 Å². The smallest absolute Gasteiger partial charge is 0.306 e. The molecule has 1 heterocycles. The lowest BCUT2D eigenvalue weighted by atomic mass is 9.76. The van der Waals surface area contributed by atoms with Gasteiger partial charge in [0.05, 0.1) is 34.7 Å². The minimum atomic E-state index is -1.25. The first-order valence-electron chi connectivity index (χ1n) is 11.8. The number of carboxylic acids is 1. The Morgan fingerprint density at radius 2 is 1.91 bits per heavy atom. The van der Waals surface area contributed by atoms with Crippen LogP contribution >= 0.6 is 11.3 Å². The van der Waals surface area contributed by atoms with E-state index in [-0.39, 0.29) is 11.7 Å². The van der Waals surface area contributed by atoms with E-state index in [1.165, 1.54) is 11.1 Å². The van der Waals surface area contributed by atoms with Crippen molar-refractivity contribution in [2.45, 2.75) is 98.6 Å². The highest BCUT2D eigenvalue weighted by atomic mass is 32.1. The summed E-state index contributed by atoms with van der Waals surface area (Å²) in [4.78, 5) is 28.0. The lowest BCUT2D eigenvalue weighted by Gasteiger charge is -2.31. The van der Waals surface area contributed by atoms with Gasteiger partial charge in [-0.05, 0) is 64.9 Å². The number of aliphatic hydroxyl groups excluding tert-OH is 1. The number of carbonyl (C=O) groups is 2. The molecule has 0 aliphatic rings. The van der Waals surface area contributed by atoms with Gasteiger partial charge in [-0.15, -0.1) is 11.3 Å². The lowest BCUT2D eigenvalue weighted by molar-refractivity contribution is -0.144. The molecular weight excluding hydrogens is 436 g/mol. The minimum Gasteiger partial charge on any atom is -0.481 e. The first kappa shape index (κ1) is 29.2. The number of thiazole rings is 1. The number of hydrogen-bond acceptors (Lipinski definition) is 6. The van der Waals surface area contributed by atoms with Crippen LogP contribution in [-0.2, 0) is 9.59 Å². The largest absolute Gasteiger partial charge is 0.481 e. The topological polar surface area (TPSA) is 114 Å². The molecule has 6 nitrogen and oxygen atoms in total. The molecule has 0 bridgehead atoms. The Morgan fingerprint density at radius 1 is 1.24 bits per heavy atom. The van der Waals surface area contributed by atoms with Crippen LogP contribution in [0.4, 0.5) is 0 Å². The molecule has 3 unspecified atom stereocenters. The molecule has 7 heteroatoms. The van der Waals surface area contributed by atoms with Crippen molar-refractivity contribution in [1.29, 1.82) is 0 Å². The molecule has 4 N–H and O–H groups in total. The molecule has 0 radical (unpaired) electrons.